The molecule has 4 heterocycles. The van der Waals surface area contributed by atoms with Crippen LogP contribution in [0.5, 0.6) is 0 Å². The first-order chi connectivity index (χ1) is 12.2. The second kappa shape index (κ2) is 6.87. The van der Waals surface area contributed by atoms with E-state index in [1.54, 1.807) is 23.7 Å². The van der Waals surface area contributed by atoms with Crippen molar-refractivity contribution in [1.29, 1.82) is 0 Å². The number of nitrogens with one attached hydrogen (secondary N) is 1. The van der Waals surface area contributed by atoms with Gasteiger partial charge >= 0.3 is 0 Å². The summed E-state index contributed by atoms with van der Waals surface area (Å²) in [5, 5.41) is 5.27. The van der Waals surface area contributed by atoms with E-state index in [0.717, 1.165) is 21.7 Å². The Morgan fingerprint density at radius 3 is 2.72 bits per heavy atom. The van der Waals surface area contributed by atoms with Gasteiger partial charge in [-0.3, -0.25) is 4.98 Å². The van der Waals surface area contributed by atoms with E-state index in [1.165, 1.54) is 0 Å². The van der Waals surface area contributed by atoms with Crippen molar-refractivity contribution in [3.05, 3.63) is 48.2 Å². The van der Waals surface area contributed by atoms with Gasteiger partial charge in [0.2, 0.25) is 5.95 Å². The first-order valence-corrected chi connectivity index (χ1v) is 8.95. The van der Waals surface area contributed by atoms with Crippen molar-refractivity contribution in [3.8, 4) is 21.7 Å². The molecule has 1 N–H and O–H groups in total. The lowest BCUT2D eigenvalue weighted by molar-refractivity contribution is -0.129. The summed E-state index contributed by atoms with van der Waals surface area (Å²) in [6, 6.07) is 8.01. The van der Waals surface area contributed by atoms with Crippen molar-refractivity contribution in [1.82, 2.24) is 15.0 Å². The number of thiophene rings is 1. The van der Waals surface area contributed by atoms with Gasteiger partial charge in [0.05, 0.1) is 30.3 Å². The zero-order valence-electron chi connectivity index (χ0n) is 13.8. The third kappa shape index (κ3) is 3.53. The Morgan fingerprint density at radius 1 is 1.20 bits per heavy atom. The molecule has 0 atom stereocenters. The highest BCUT2D eigenvalue weighted by atomic mass is 32.1. The van der Waals surface area contributed by atoms with Crippen molar-refractivity contribution in [2.45, 2.75) is 12.7 Å². The molecule has 1 aliphatic heterocycles. The highest BCUT2D eigenvalue weighted by molar-refractivity contribution is 7.13. The van der Waals surface area contributed by atoms with Gasteiger partial charge < -0.3 is 14.8 Å². The first kappa shape index (κ1) is 16.1. The summed E-state index contributed by atoms with van der Waals surface area (Å²) in [6.45, 7) is 3.63. The normalized spacial score (nSPS) is 16.0. The van der Waals surface area contributed by atoms with Gasteiger partial charge in [-0.05, 0) is 36.1 Å². The number of hydrogen-bond acceptors (Lipinski definition) is 7. The van der Waals surface area contributed by atoms with Crippen molar-refractivity contribution >= 4 is 17.3 Å². The van der Waals surface area contributed by atoms with Crippen molar-refractivity contribution in [2.24, 2.45) is 0 Å². The maximum absolute atomic E-state index is 5.61. The van der Waals surface area contributed by atoms with E-state index >= 15 is 0 Å². The van der Waals surface area contributed by atoms with Gasteiger partial charge in [0.25, 0.3) is 0 Å². The van der Waals surface area contributed by atoms with Crippen LogP contribution in [-0.4, -0.2) is 40.5 Å². The number of nitrogens with zero attached hydrogens (tertiary/aromatic N) is 3. The Morgan fingerprint density at radius 2 is 2.00 bits per heavy atom. The topological polar surface area (TPSA) is 69.2 Å². The predicted molar refractivity (Wildman–Crippen MR) is 97.4 cm³/mol. The summed E-state index contributed by atoms with van der Waals surface area (Å²) >= 11 is 1.65. The van der Waals surface area contributed by atoms with Crippen LogP contribution in [0.25, 0.3) is 21.7 Å². The molecule has 1 aliphatic rings. The number of pyridine rings is 1. The van der Waals surface area contributed by atoms with E-state index in [2.05, 4.69) is 21.4 Å². The van der Waals surface area contributed by atoms with Crippen molar-refractivity contribution in [2.75, 3.05) is 25.1 Å². The summed E-state index contributed by atoms with van der Waals surface area (Å²) in [5.41, 5.74) is 2.92. The molecule has 3 aromatic rings. The van der Waals surface area contributed by atoms with Crippen LogP contribution < -0.4 is 5.32 Å². The molecule has 0 bridgehead atoms. The quantitative estimate of drug-likeness (QED) is 0.757. The zero-order valence-corrected chi connectivity index (χ0v) is 14.6. The Hall–Kier alpha value is -2.35. The molecule has 1 fully saturated rings. The molecule has 0 unspecified atom stereocenters. The Labute approximate surface area is 149 Å². The Balaban J connectivity index is 1.65. The summed E-state index contributed by atoms with van der Waals surface area (Å²) in [4.78, 5) is 14.4. The average molecular weight is 354 g/mol. The second-order valence-electron chi connectivity index (χ2n) is 5.85. The number of rotatable bonds is 5. The van der Waals surface area contributed by atoms with E-state index in [1.807, 2.05) is 36.7 Å². The van der Waals surface area contributed by atoms with Crippen molar-refractivity contribution < 1.29 is 9.47 Å². The largest absolute Gasteiger partial charge is 0.349 e. The van der Waals surface area contributed by atoms with Crippen LogP contribution in [0.1, 0.15) is 6.92 Å². The monoisotopic (exact) mass is 354 g/mol. The van der Waals surface area contributed by atoms with E-state index < -0.39 is 5.79 Å². The fourth-order valence-corrected chi connectivity index (χ4v) is 3.44. The Bertz CT molecular complexity index is 834. The number of ether oxygens (including phenoxy) is 2. The van der Waals surface area contributed by atoms with Crippen LogP contribution in [0.3, 0.4) is 0 Å². The highest BCUT2D eigenvalue weighted by Gasteiger charge is 2.31. The van der Waals surface area contributed by atoms with Gasteiger partial charge in [0, 0.05) is 24.2 Å². The molecule has 25 heavy (non-hydrogen) atoms. The van der Waals surface area contributed by atoms with Crippen molar-refractivity contribution in [3.63, 3.8) is 0 Å². The zero-order chi connectivity index (χ0) is 17.1. The lowest BCUT2D eigenvalue weighted by Crippen LogP contribution is -2.35. The molecule has 0 aromatic carbocycles. The maximum atomic E-state index is 5.61. The minimum atomic E-state index is -0.629. The van der Waals surface area contributed by atoms with Crippen LogP contribution >= 0.6 is 11.3 Å². The molecule has 7 heteroatoms. The molecule has 0 spiro atoms. The fraction of sp³-hybridized carbons (Fsp3) is 0.278. The molecule has 0 radical (unpaired) electrons. The molecule has 0 amide bonds. The highest BCUT2D eigenvalue weighted by Crippen LogP contribution is 2.33. The first-order valence-electron chi connectivity index (χ1n) is 8.07. The van der Waals surface area contributed by atoms with E-state index in [0.29, 0.717) is 25.7 Å². The molecular formula is C18H18N4O2S. The van der Waals surface area contributed by atoms with Gasteiger partial charge in [-0.15, -0.1) is 11.3 Å². The lowest BCUT2D eigenvalue weighted by Gasteiger charge is -2.22. The SMILES string of the molecule is CC1(CNc2ncc(-c3ccncc3)c(-c3cccs3)n2)OCCO1. The molecule has 6 nitrogen and oxygen atoms in total. The van der Waals surface area contributed by atoms with Gasteiger partial charge in [-0.25, -0.2) is 9.97 Å². The van der Waals surface area contributed by atoms with E-state index in [9.17, 15) is 0 Å². The van der Waals surface area contributed by atoms with Gasteiger partial charge in [0.15, 0.2) is 5.79 Å². The van der Waals surface area contributed by atoms with Crippen LogP contribution in [-0.2, 0) is 9.47 Å². The molecule has 0 aliphatic carbocycles. The second-order valence-corrected chi connectivity index (χ2v) is 6.80. The Kier molecular flexibility index (Phi) is 4.44. The van der Waals surface area contributed by atoms with E-state index in [4.69, 9.17) is 14.5 Å². The summed E-state index contributed by atoms with van der Waals surface area (Å²) < 4.78 is 11.2. The van der Waals surface area contributed by atoms with E-state index in [-0.39, 0.29) is 0 Å². The number of aromatic nitrogens is 3. The summed E-state index contributed by atoms with van der Waals surface area (Å²) in [6.07, 6.45) is 5.39. The standard InChI is InChI=1S/C18H18N4O2S/c1-18(23-8-9-24-18)12-21-17-20-11-14(13-4-6-19-7-5-13)16(22-17)15-3-2-10-25-15/h2-7,10-11H,8-9,12H2,1H3,(H,20,21,22). The third-order valence-corrected chi connectivity index (χ3v) is 4.88. The minimum Gasteiger partial charge on any atom is -0.349 e. The van der Waals surface area contributed by atoms with Gasteiger partial charge in [-0.1, -0.05) is 6.07 Å². The smallest absolute Gasteiger partial charge is 0.223 e. The average Bonchev–Trinajstić information content (AvgIpc) is 3.33. The molecule has 0 saturated carbocycles. The molecule has 3 aromatic heterocycles. The lowest BCUT2D eigenvalue weighted by atomic mass is 10.1. The molecule has 1 saturated heterocycles. The fourth-order valence-electron chi connectivity index (χ4n) is 2.71. The van der Waals surface area contributed by atoms with Crippen LogP contribution in [0, 0.1) is 0 Å². The van der Waals surface area contributed by atoms with Gasteiger partial charge in [-0.2, -0.15) is 0 Å². The number of anilines is 1. The predicted octanol–water partition coefficient (Wildman–Crippen LogP) is 3.44. The molecule has 4 rings (SSSR count). The van der Waals surface area contributed by atoms with Gasteiger partial charge in [0.1, 0.15) is 0 Å². The van der Waals surface area contributed by atoms with Crippen LogP contribution in [0.2, 0.25) is 0 Å². The third-order valence-electron chi connectivity index (χ3n) is 4.00. The van der Waals surface area contributed by atoms with Crippen LogP contribution in [0.4, 0.5) is 5.95 Å². The van der Waals surface area contributed by atoms with Crippen LogP contribution in [0.15, 0.2) is 48.2 Å². The maximum Gasteiger partial charge on any atom is 0.223 e. The summed E-state index contributed by atoms with van der Waals surface area (Å²) in [5.74, 6) is -0.0718. The molecule has 128 valence electrons. The number of hydrogen-bond donors (Lipinski definition) is 1. The molecular weight excluding hydrogens is 336 g/mol. The minimum absolute atomic E-state index is 0.492. The summed E-state index contributed by atoms with van der Waals surface area (Å²) in [7, 11) is 0.